The first kappa shape index (κ1) is 33.6. The Morgan fingerprint density at radius 2 is 1.59 bits per heavy atom. The van der Waals surface area contributed by atoms with Crippen LogP contribution in [0.1, 0.15) is 97.2 Å². The third-order valence-electron chi connectivity index (χ3n) is 6.75. The number of carbonyl (C=O) groups excluding carboxylic acids is 1. The molecule has 2 amide bonds. The Labute approximate surface area is 240 Å². The van der Waals surface area contributed by atoms with Crippen molar-refractivity contribution < 1.29 is 19.4 Å². The number of aliphatic hydroxyl groups is 2. The highest BCUT2D eigenvalue weighted by Gasteiger charge is 2.21. The molecule has 0 saturated carbocycles. The SMILES string of the molecule is CC[C@@H]([C@@H](C)O)n1ncn(-c2ncc(C(C)C)cc2F)c1=O.CC[C@H](NC(=O)Nc1ccc(C(C)C)cn1)[C@@H](C)O. The minimum Gasteiger partial charge on any atom is -0.391 e. The van der Waals surface area contributed by atoms with Crippen LogP contribution >= 0.6 is 0 Å². The fraction of sp³-hybridized carbons (Fsp3) is 0.552. The van der Waals surface area contributed by atoms with Gasteiger partial charge in [0.15, 0.2) is 11.6 Å². The second kappa shape index (κ2) is 15.4. The summed E-state index contributed by atoms with van der Waals surface area (Å²) in [6.45, 7) is 15.1. The van der Waals surface area contributed by atoms with E-state index in [9.17, 15) is 24.2 Å². The lowest BCUT2D eigenvalue weighted by atomic mass is 10.1. The minimum atomic E-state index is -0.729. The van der Waals surface area contributed by atoms with E-state index in [-0.39, 0.29) is 23.8 Å². The number of amides is 2. The summed E-state index contributed by atoms with van der Waals surface area (Å²) in [5.41, 5.74) is 1.37. The molecule has 0 spiro atoms. The number of halogens is 1. The fourth-order valence-electron chi connectivity index (χ4n) is 4.05. The maximum atomic E-state index is 14.2. The number of hydrogen-bond donors (Lipinski definition) is 4. The van der Waals surface area contributed by atoms with Gasteiger partial charge in [0.1, 0.15) is 12.1 Å². The second-order valence-electron chi connectivity index (χ2n) is 10.7. The average molecular weight is 574 g/mol. The third kappa shape index (κ3) is 9.19. The van der Waals surface area contributed by atoms with Crippen LogP contribution in [0.3, 0.4) is 0 Å². The van der Waals surface area contributed by atoms with Crippen LogP contribution in [0.2, 0.25) is 0 Å². The van der Waals surface area contributed by atoms with Crippen molar-refractivity contribution in [1.29, 1.82) is 0 Å². The molecule has 0 aliphatic rings. The summed E-state index contributed by atoms with van der Waals surface area (Å²) in [6, 6.07) is 4.04. The summed E-state index contributed by atoms with van der Waals surface area (Å²) in [4.78, 5) is 32.4. The second-order valence-corrected chi connectivity index (χ2v) is 10.7. The van der Waals surface area contributed by atoms with Gasteiger partial charge in [0.25, 0.3) is 0 Å². The topological polar surface area (TPSA) is 147 Å². The number of aromatic nitrogens is 5. The summed E-state index contributed by atoms with van der Waals surface area (Å²) in [5, 5.41) is 28.5. The Morgan fingerprint density at radius 3 is 2.05 bits per heavy atom. The Bertz CT molecular complexity index is 1300. The van der Waals surface area contributed by atoms with E-state index in [2.05, 4.69) is 39.5 Å². The molecule has 3 aromatic rings. The zero-order valence-electron chi connectivity index (χ0n) is 25.2. The van der Waals surface area contributed by atoms with E-state index in [1.807, 2.05) is 33.8 Å². The standard InChI is InChI=1S/C15H21FN4O2.C14H23N3O2/c1-5-13(10(4)21)20-15(22)19(8-18-20)14-12(16)6-11(7-17-14)9(2)3;1-5-12(10(4)18)16-14(19)17-13-7-6-11(8-15-13)9(2)3/h6-10,13,21H,5H2,1-4H3;6-10,12,18H,5H2,1-4H3,(H2,15,16,17,19)/t10-,13+;10-,12+/m11/s1. The van der Waals surface area contributed by atoms with Gasteiger partial charge in [0.05, 0.1) is 24.3 Å². The lowest BCUT2D eigenvalue weighted by molar-refractivity contribution is 0.118. The molecule has 0 aliphatic carbocycles. The molecule has 226 valence electrons. The van der Waals surface area contributed by atoms with Gasteiger partial charge in [-0.05, 0) is 61.8 Å². The highest BCUT2D eigenvalue weighted by molar-refractivity contribution is 5.88. The Hall–Kier alpha value is -3.64. The molecule has 0 saturated heterocycles. The highest BCUT2D eigenvalue weighted by atomic mass is 19.1. The summed E-state index contributed by atoms with van der Waals surface area (Å²) in [5.74, 6) is 0.409. The highest BCUT2D eigenvalue weighted by Crippen LogP contribution is 2.18. The minimum absolute atomic E-state index is 0.0823. The number of aliphatic hydroxyl groups excluding tert-OH is 2. The first-order valence-electron chi connectivity index (χ1n) is 14.0. The molecule has 4 atom stereocenters. The van der Waals surface area contributed by atoms with Crippen LogP contribution in [-0.2, 0) is 0 Å². The molecule has 0 aromatic carbocycles. The number of hydrogen-bond acceptors (Lipinski definition) is 7. The molecule has 12 heteroatoms. The van der Waals surface area contributed by atoms with Crippen molar-refractivity contribution in [2.45, 2.75) is 104 Å². The van der Waals surface area contributed by atoms with Crippen LogP contribution in [0.5, 0.6) is 0 Å². The van der Waals surface area contributed by atoms with Gasteiger partial charge in [-0.1, -0.05) is 47.6 Å². The van der Waals surface area contributed by atoms with Gasteiger partial charge in [-0.25, -0.2) is 33.2 Å². The summed E-state index contributed by atoms with van der Waals surface area (Å²) < 4.78 is 16.4. The average Bonchev–Trinajstić information content (AvgIpc) is 3.28. The van der Waals surface area contributed by atoms with Gasteiger partial charge in [0, 0.05) is 12.4 Å². The smallest absolute Gasteiger partial charge is 0.352 e. The van der Waals surface area contributed by atoms with E-state index in [0.717, 1.165) is 15.7 Å². The molecule has 3 aromatic heterocycles. The number of nitrogens with zero attached hydrogens (tertiary/aromatic N) is 5. The van der Waals surface area contributed by atoms with Crippen LogP contribution in [0.25, 0.3) is 5.82 Å². The van der Waals surface area contributed by atoms with Crippen LogP contribution < -0.4 is 16.3 Å². The van der Waals surface area contributed by atoms with Crippen LogP contribution in [-0.4, -0.2) is 58.8 Å². The number of nitrogens with one attached hydrogen (secondary N) is 2. The monoisotopic (exact) mass is 573 g/mol. The largest absolute Gasteiger partial charge is 0.391 e. The van der Waals surface area contributed by atoms with Crippen molar-refractivity contribution in [3.8, 4) is 5.82 Å². The van der Waals surface area contributed by atoms with Crippen molar-refractivity contribution in [2.24, 2.45) is 0 Å². The van der Waals surface area contributed by atoms with Crippen LogP contribution in [0, 0.1) is 5.82 Å². The third-order valence-corrected chi connectivity index (χ3v) is 6.75. The van der Waals surface area contributed by atoms with Crippen molar-refractivity contribution in [3.05, 3.63) is 64.3 Å². The molecule has 0 unspecified atom stereocenters. The van der Waals surface area contributed by atoms with Gasteiger partial charge >= 0.3 is 11.7 Å². The van der Waals surface area contributed by atoms with Gasteiger partial charge in [-0.3, -0.25) is 5.32 Å². The van der Waals surface area contributed by atoms with Gasteiger partial charge < -0.3 is 15.5 Å². The molecule has 0 bridgehead atoms. The zero-order valence-corrected chi connectivity index (χ0v) is 25.2. The molecular formula is C29H44FN7O4. The molecule has 4 N–H and O–H groups in total. The van der Waals surface area contributed by atoms with Gasteiger partial charge in [-0.2, -0.15) is 5.10 Å². The lowest BCUT2D eigenvalue weighted by Gasteiger charge is -2.19. The predicted octanol–water partition coefficient (Wildman–Crippen LogP) is 4.51. The number of urea groups is 1. The van der Waals surface area contributed by atoms with E-state index in [1.165, 1.54) is 17.1 Å². The first-order chi connectivity index (χ1) is 19.3. The molecular weight excluding hydrogens is 529 g/mol. The normalized spacial score (nSPS) is 14.2. The van der Waals surface area contributed by atoms with E-state index < -0.39 is 29.8 Å². The van der Waals surface area contributed by atoms with Gasteiger partial charge in [0.2, 0.25) is 0 Å². The maximum Gasteiger partial charge on any atom is 0.352 e. The summed E-state index contributed by atoms with van der Waals surface area (Å²) >= 11 is 0. The van der Waals surface area contributed by atoms with Crippen LogP contribution in [0.4, 0.5) is 15.0 Å². The Morgan fingerprint density at radius 1 is 0.951 bits per heavy atom. The van der Waals surface area contributed by atoms with E-state index in [4.69, 9.17) is 0 Å². The first-order valence-corrected chi connectivity index (χ1v) is 14.0. The number of anilines is 1. The summed E-state index contributed by atoms with van der Waals surface area (Å²) in [7, 11) is 0. The quantitative estimate of drug-likeness (QED) is 0.279. The van der Waals surface area contributed by atoms with Crippen molar-refractivity contribution in [2.75, 3.05) is 5.32 Å². The number of carbonyl (C=O) groups is 1. The lowest BCUT2D eigenvalue weighted by Crippen LogP contribution is -2.43. The molecule has 3 heterocycles. The Kier molecular flexibility index (Phi) is 12.6. The molecule has 0 fully saturated rings. The maximum absolute atomic E-state index is 14.2. The molecule has 11 nitrogen and oxygen atoms in total. The summed E-state index contributed by atoms with van der Waals surface area (Å²) in [6.07, 6.45) is 4.44. The number of pyridine rings is 2. The Balaban J connectivity index is 0.000000290. The van der Waals surface area contributed by atoms with Crippen molar-refractivity contribution in [1.82, 2.24) is 29.6 Å². The van der Waals surface area contributed by atoms with Crippen LogP contribution in [0.15, 0.2) is 41.7 Å². The molecule has 0 radical (unpaired) electrons. The number of rotatable bonds is 10. The molecule has 0 aliphatic heterocycles. The van der Waals surface area contributed by atoms with Crippen molar-refractivity contribution >= 4 is 11.8 Å². The van der Waals surface area contributed by atoms with E-state index in [0.29, 0.717) is 24.6 Å². The van der Waals surface area contributed by atoms with Crippen molar-refractivity contribution in [3.63, 3.8) is 0 Å². The molecule has 41 heavy (non-hydrogen) atoms. The fourth-order valence-corrected chi connectivity index (χ4v) is 4.05. The van der Waals surface area contributed by atoms with Gasteiger partial charge in [-0.15, -0.1) is 0 Å². The predicted molar refractivity (Wildman–Crippen MR) is 157 cm³/mol. The van der Waals surface area contributed by atoms with E-state index in [1.54, 1.807) is 32.3 Å². The zero-order chi connectivity index (χ0) is 30.9. The van der Waals surface area contributed by atoms with E-state index >= 15 is 0 Å². The molecule has 3 rings (SSSR count).